The maximum Gasteiger partial charge on any atom is 0.150 e. The zero-order chi connectivity index (χ0) is 12.7. The molecule has 1 heterocycles. The lowest BCUT2D eigenvalue weighted by atomic mass is 9.90. The number of carbonyl (C=O) groups is 1. The second-order valence-electron chi connectivity index (χ2n) is 5.77. The fraction of sp³-hybridized carbons (Fsp3) is 0.400. The average Bonchev–Trinajstić information content (AvgIpc) is 2.47. The van der Waals surface area contributed by atoms with E-state index in [-0.39, 0.29) is 11.1 Å². The van der Waals surface area contributed by atoms with Crippen LogP contribution in [0.15, 0.2) is 30.3 Å². The Morgan fingerprint density at radius 2 is 1.65 bits per heavy atom. The fourth-order valence-electron chi connectivity index (χ4n) is 2.64. The minimum Gasteiger partial charge on any atom is -0.299 e. The van der Waals surface area contributed by atoms with Crippen LogP contribution in [-0.2, 0) is 0 Å². The number of rotatable bonds is 2. The highest BCUT2D eigenvalue weighted by atomic mass is 16.1. The van der Waals surface area contributed by atoms with Crippen molar-refractivity contribution in [2.45, 2.75) is 38.8 Å². The summed E-state index contributed by atoms with van der Waals surface area (Å²) in [6.45, 7) is 8.70. The summed E-state index contributed by atoms with van der Waals surface area (Å²) in [6.07, 6.45) is 3.14. The molecular formula is C15H19NO. The summed E-state index contributed by atoms with van der Waals surface area (Å²) in [5.74, 6) is 0. The minimum atomic E-state index is -0.0355. The lowest BCUT2D eigenvalue weighted by Gasteiger charge is -2.28. The topological polar surface area (TPSA) is 29.1 Å². The molecule has 0 atom stereocenters. The number of hydrogen-bond donors (Lipinski definition) is 1. The highest BCUT2D eigenvalue weighted by Crippen LogP contribution is 2.36. The van der Waals surface area contributed by atoms with E-state index in [0.717, 1.165) is 11.8 Å². The molecule has 0 unspecified atom stereocenters. The molecule has 2 heteroatoms. The van der Waals surface area contributed by atoms with Crippen LogP contribution in [-0.4, -0.2) is 17.4 Å². The molecule has 0 fully saturated rings. The molecule has 1 aliphatic rings. The highest BCUT2D eigenvalue weighted by Gasteiger charge is 2.37. The van der Waals surface area contributed by atoms with Crippen LogP contribution in [0.1, 0.15) is 43.6 Å². The first-order chi connectivity index (χ1) is 7.84. The Bertz CT molecular complexity index is 466. The maximum absolute atomic E-state index is 10.6. The lowest BCUT2D eigenvalue weighted by molar-refractivity contribution is 0.112. The molecule has 0 aromatic heterocycles. The van der Waals surface area contributed by atoms with E-state index >= 15 is 0 Å². The Hall–Kier alpha value is -1.41. The monoisotopic (exact) mass is 229 g/mol. The molecule has 90 valence electrons. The van der Waals surface area contributed by atoms with Gasteiger partial charge in [0.2, 0.25) is 0 Å². The van der Waals surface area contributed by atoms with Gasteiger partial charge in [0.25, 0.3) is 0 Å². The van der Waals surface area contributed by atoms with Gasteiger partial charge in [0.1, 0.15) is 6.29 Å². The molecule has 17 heavy (non-hydrogen) atoms. The zero-order valence-electron chi connectivity index (χ0n) is 10.9. The van der Waals surface area contributed by atoms with E-state index in [4.69, 9.17) is 0 Å². The van der Waals surface area contributed by atoms with Crippen molar-refractivity contribution >= 4 is 11.9 Å². The van der Waals surface area contributed by atoms with Crippen LogP contribution in [0.25, 0.3) is 5.57 Å². The van der Waals surface area contributed by atoms with Crippen molar-refractivity contribution in [1.82, 2.24) is 5.32 Å². The molecule has 0 radical (unpaired) electrons. The van der Waals surface area contributed by atoms with E-state index in [1.165, 1.54) is 11.1 Å². The molecule has 0 aliphatic carbocycles. The minimum absolute atomic E-state index is 0.0160. The smallest absolute Gasteiger partial charge is 0.150 e. The number of hydrogen-bond acceptors (Lipinski definition) is 2. The first-order valence-electron chi connectivity index (χ1n) is 5.92. The summed E-state index contributed by atoms with van der Waals surface area (Å²) in [6, 6.07) is 7.76. The Morgan fingerprint density at radius 1 is 1.06 bits per heavy atom. The standard InChI is InChI=1S/C15H19NO/c1-14(2)9-13(15(3,4)16-14)12-7-5-11(10-17)6-8-12/h5-10,16H,1-4H3. The SMILES string of the molecule is CC1(C)C=C(c2ccc(C=O)cc2)C(C)(C)N1. The summed E-state index contributed by atoms with van der Waals surface area (Å²) in [7, 11) is 0. The largest absolute Gasteiger partial charge is 0.299 e. The second-order valence-corrected chi connectivity index (χ2v) is 5.77. The molecule has 0 saturated carbocycles. The second kappa shape index (κ2) is 3.81. The molecule has 1 N–H and O–H groups in total. The molecule has 0 saturated heterocycles. The summed E-state index contributed by atoms with van der Waals surface area (Å²) in [5, 5.41) is 3.58. The van der Waals surface area contributed by atoms with Crippen LogP contribution in [0, 0.1) is 0 Å². The molecule has 0 spiro atoms. The maximum atomic E-state index is 10.6. The predicted octanol–water partition coefficient (Wildman–Crippen LogP) is 3.04. The Kier molecular flexibility index (Phi) is 2.70. The first-order valence-corrected chi connectivity index (χ1v) is 5.92. The van der Waals surface area contributed by atoms with Gasteiger partial charge in [0, 0.05) is 16.6 Å². The Morgan fingerprint density at radius 3 is 2.06 bits per heavy atom. The quantitative estimate of drug-likeness (QED) is 0.790. The average molecular weight is 229 g/mol. The summed E-state index contributed by atoms with van der Waals surface area (Å²) < 4.78 is 0. The highest BCUT2D eigenvalue weighted by molar-refractivity contribution is 5.79. The van der Waals surface area contributed by atoms with Crippen LogP contribution < -0.4 is 5.32 Å². The van der Waals surface area contributed by atoms with Gasteiger partial charge in [-0.25, -0.2) is 0 Å². The molecule has 1 aliphatic heterocycles. The molecule has 1 aromatic rings. The van der Waals surface area contributed by atoms with E-state index in [9.17, 15) is 4.79 Å². The predicted molar refractivity (Wildman–Crippen MR) is 71.1 cm³/mol. The third-order valence-electron chi connectivity index (χ3n) is 3.17. The van der Waals surface area contributed by atoms with E-state index in [1.807, 2.05) is 24.3 Å². The van der Waals surface area contributed by atoms with Gasteiger partial charge in [-0.15, -0.1) is 0 Å². The number of carbonyl (C=O) groups excluding carboxylic acids is 1. The van der Waals surface area contributed by atoms with Crippen molar-refractivity contribution in [1.29, 1.82) is 0 Å². The number of benzene rings is 1. The molecule has 2 rings (SSSR count). The van der Waals surface area contributed by atoms with Gasteiger partial charge >= 0.3 is 0 Å². The van der Waals surface area contributed by atoms with Crippen molar-refractivity contribution in [2.75, 3.05) is 0 Å². The summed E-state index contributed by atoms with van der Waals surface area (Å²) in [4.78, 5) is 10.6. The van der Waals surface area contributed by atoms with Crippen molar-refractivity contribution in [3.8, 4) is 0 Å². The van der Waals surface area contributed by atoms with Gasteiger partial charge in [0.15, 0.2) is 0 Å². The molecule has 0 amide bonds. The summed E-state index contributed by atoms with van der Waals surface area (Å²) >= 11 is 0. The number of aldehydes is 1. The summed E-state index contributed by atoms with van der Waals surface area (Å²) in [5.41, 5.74) is 3.17. The van der Waals surface area contributed by atoms with Gasteiger partial charge in [-0.2, -0.15) is 0 Å². The van der Waals surface area contributed by atoms with Gasteiger partial charge < -0.3 is 0 Å². The van der Waals surface area contributed by atoms with Gasteiger partial charge in [-0.05, 0) is 38.8 Å². The first kappa shape index (κ1) is 12.1. The van der Waals surface area contributed by atoms with Gasteiger partial charge in [-0.1, -0.05) is 30.3 Å². The van der Waals surface area contributed by atoms with E-state index in [0.29, 0.717) is 0 Å². The third kappa shape index (κ3) is 2.32. The normalized spacial score (nSPS) is 21.1. The Balaban J connectivity index is 2.42. The fourth-order valence-corrected chi connectivity index (χ4v) is 2.64. The lowest BCUT2D eigenvalue weighted by Crippen LogP contribution is -2.45. The molecule has 1 aromatic carbocycles. The van der Waals surface area contributed by atoms with Crippen molar-refractivity contribution in [2.24, 2.45) is 0 Å². The van der Waals surface area contributed by atoms with Crippen LogP contribution in [0.3, 0.4) is 0 Å². The molecular weight excluding hydrogens is 210 g/mol. The van der Waals surface area contributed by atoms with Gasteiger partial charge in [-0.3, -0.25) is 10.1 Å². The molecule has 2 nitrogen and oxygen atoms in total. The number of nitrogens with one attached hydrogen (secondary N) is 1. The van der Waals surface area contributed by atoms with Gasteiger partial charge in [0.05, 0.1) is 0 Å². The van der Waals surface area contributed by atoms with Crippen LogP contribution in [0.2, 0.25) is 0 Å². The molecule has 0 bridgehead atoms. The van der Waals surface area contributed by atoms with Crippen molar-refractivity contribution in [3.05, 3.63) is 41.5 Å². The Labute approximate surface area is 103 Å². The van der Waals surface area contributed by atoms with E-state index in [1.54, 1.807) is 0 Å². The van der Waals surface area contributed by atoms with E-state index in [2.05, 4.69) is 39.1 Å². The van der Waals surface area contributed by atoms with Crippen LogP contribution in [0.4, 0.5) is 0 Å². The van der Waals surface area contributed by atoms with Crippen LogP contribution >= 0.6 is 0 Å². The zero-order valence-corrected chi connectivity index (χ0v) is 10.9. The van der Waals surface area contributed by atoms with Crippen molar-refractivity contribution in [3.63, 3.8) is 0 Å². The van der Waals surface area contributed by atoms with E-state index < -0.39 is 0 Å². The van der Waals surface area contributed by atoms with Crippen LogP contribution in [0.5, 0.6) is 0 Å². The van der Waals surface area contributed by atoms with Crippen molar-refractivity contribution < 1.29 is 4.79 Å². The third-order valence-corrected chi connectivity index (χ3v) is 3.17.